The molecule has 0 saturated carbocycles. The lowest BCUT2D eigenvalue weighted by molar-refractivity contribution is 0.0361. The van der Waals surface area contributed by atoms with Crippen molar-refractivity contribution in [2.24, 2.45) is 5.92 Å². The van der Waals surface area contributed by atoms with Crippen LogP contribution in [0.15, 0.2) is 54.6 Å². The summed E-state index contributed by atoms with van der Waals surface area (Å²) in [6.45, 7) is 8.98. The Bertz CT molecular complexity index is 1330. The summed E-state index contributed by atoms with van der Waals surface area (Å²) in [6, 6.07) is 14.2. The van der Waals surface area contributed by atoms with E-state index >= 15 is 4.39 Å². The first kappa shape index (κ1) is 25.1. The maximum Gasteiger partial charge on any atom is 0.167 e. The second kappa shape index (κ2) is 10.1. The van der Waals surface area contributed by atoms with Gasteiger partial charge in [0.15, 0.2) is 11.6 Å². The highest BCUT2D eigenvalue weighted by Gasteiger charge is 2.32. The summed E-state index contributed by atoms with van der Waals surface area (Å²) in [6.07, 6.45) is 0.481. The van der Waals surface area contributed by atoms with E-state index < -0.39 is 23.5 Å². The Morgan fingerprint density at radius 1 is 1.00 bits per heavy atom. The van der Waals surface area contributed by atoms with Gasteiger partial charge in [-0.25, -0.2) is 8.78 Å². The molecule has 2 atom stereocenters. The number of halogens is 2. The van der Waals surface area contributed by atoms with Gasteiger partial charge >= 0.3 is 0 Å². The van der Waals surface area contributed by atoms with Gasteiger partial charge in [-0.15, -0.1) is 0 Å². The zero-order valence-corrected chi connectivity index (χ0v) is 21.2. The number of likely N-dealkylation sites (tertiary alicyclic amines) is 1. The molecule has 2 N–H and O–H groups in total. The van der Waals surface area contributed by atoms with Crippen LogP contribution in [0.5, 0.6) is 23.0 Å². The highest BCUT2D eigenvalue weighted by Crippen LogP contribution is 2.48. The third-order valence-corrected chi connectivity index (χ3v) is 7.47. The van der Waals surface area contributed by atoms with Crippen molar-refractivity contribution in [1.29, 1.82) is 0 Å². The second-order valence-electron chi connectivity index (χ2n) is 9.96. The van der Waals surface area contributed by atoms with Crippen LogP contribution in [0.1, 0.15) is 50.0 Å². The monoisotopic (exact) mass is 507 g/mol. The number of fused-ring (bicyclic) bond motifs is 1. The SMILES string of the molecule is CCC1CN([C@@H](C)COc2ccc(C3Oc4ccc(O)cc4C(C)=C3c3cc(O)c(F)cc3F)cc2)C1. The predicted octanol–water partition coefficient (Wildman–Crippen LogP) is 6.55. The molecule has 2 heterocycles. The van der Waals surface area contributed by atoms with Crippen molar-refractivity contribution in [3.05, 3.63) is 82.9 Å². The molecule has 0 radical (unpaired) electrons. The van der Waals surface area contributed by atoms with Crippen LogP contribution in [0, 0.1) is 17.6 Å². The number of rotatable bonds is 7. The minimum atomic E-state index is -1.04. The maximum absolute atomic E-state index is 15.0. The van der Waals surface area contributed by atoms with Gasteiger partial charge in [0.2, 0.25) is 0 Å². The molecule has 0 aliphatic carbocycles. The fraction of sp³-hybridized carbons (Fsp3) is 0.333. The van der Waals surface area contributed by atoms with E-state index in [2.05, 4.69) is 18.7 Å². The van der Waals surface area contributed by atoms with Gasteiger partial charge in [0.25, 0.3) is 0 Å². The van der Waals surface area contributed by atoms with Crippen molar-refractivity contribution in [3.8, 4) is 23.0 Å². The molecular formula is C30H31F2NO4. The zero-order chi connectivity index (χ0) is 26.3. The normalized spacial score (nSPS) is 18.7. The average Bonchev–Trinajstić information content (AvgIpc) is 2.85. The molecule has 2 aliphatic heterocycles. The number of phenols is 2. The Kier molecular flexibility index (Phi) is 6.82. The zero-order valence-electron chi connectivity index (χ0n) is 21.2. The first-order valence-electron chi connectivity index (χ1n) is 12.6. The Morgan fingerprint density at radius 3 is 2.43 bits per heavy atom. The van der Waals surface area contributed by atoms with Crippen molar-refractivity contribution in [2.45, 2.75) is 39.3 Å². The van der Waals surface area contributed by atoms with Crippen molar-refractivity contribution >= 4 is 11.1 Å². The van der Waals surface area contributed by atoms with Crippen molar-refractivity contribution < 1.29 is 28.5 Å². The minimum absolute atomic E-state index is 0.0319. The van der Waals surface area contributed by atoms with Gasteiger partial charge in [-0.05, 0) is 67.3 Å². The lowest BCUT2D eigenvalue weighted by Crippen LogP contribution is -2.52. The molecule has 0 bridgehead atoms. The van der Waals surface area contributed by atoms with E-state index in [4.69, 9.17) is 9.47 Å². The van der Waals surface area contributed by atoms with E-state index in [0.29, 0.717) is 41.2 Å². The largest absolute Gasteiger partial charge is 0.508 e. The van der Waals surface area contributed by atoms with Crippen LogP contribution in [0.25, 0.3) is 11.1 Å². The van der Waals surface area contributed by atoms with Crippen LogP contribution in [-0.2, 0) is 0 Å². The number of phenolic OH excluding ortho intramolecular Hbond substituents is 2. The highest BCUT2D eigenvalue weighted by atomic mass is 19.1. The quantitative estimate of drug-likeness (QED) is 0.380. The van der Waals surface area contributed by atoms with Gasteiger partial charge in [-0.1, -0.05) is 25.5 Å². The molecule has 0 spiro atoms. The summed E-state index contributed by atoms with van der Waals surface area (Å²) in [5, 5.41) is 20.0. The number of hydrogen-bond acceptors (Lipinski definition) is 5. The summed E-state index contributed by atoms with van der Waals surface area (Å²) < 4.78 is 41.2. The number of ether oxygens (including phenoxy) is 2. The summed E-state index contributed by atoms with van der Waals surface area (Å²) in [4.78, 5) is 2.42. The Hall–Kier alpha value is -3.58. The third kappa shape index (κ3) is 4.88. The van der Waals surface area contributed by atoms with E-state index in [1.54, 1.807) is 19.1 Å². The minimum Gasteiger partial charge on any atom is -0.508 e. The van der Waals surface area contributed by atoms with Crippen LogP contribution in [0.4, 0.5) is 8.78 Å². The molecule has 5 rings (SSSR count). The number of aromatic hydroxyl groups is 2. The molecule has 5 nitrogen and oxygen atoms in total. The highest BCUT2D eigenvalue weighted by molar-refractivity contribution is 5.96. The third-order valence-electron chi connectivity index (χ3n) is 7.47. The van der Waals surface area contributed by atoms with Crippen molar-refractivity contribution in [3.63, 3.8) is 0 Å². The predicted molar refractivity (Wildman–Crippen MR) is 139 cm³/mol. The molecule has 1 fully saturated rings. The van der Waals surface area contributed by atoms with E-state index in [0.717, 1.165) is 36.4 Å². The van der Waals surface area contributed by atoms with Gasteiger partial charge in [0.05, 0.1) is 0 Å². The van der Waals surface area contributed by atoms with E-state index in [9.17, 15) is 14.6 Å². The number of allylic oxidation sites excluding steroid dienone is 1. The van der Waals surface area contributed by atoms with E-state index in [1.165, 1.54) is 12.5 Å². The summed E-state index contributed by atoms with van der Waals surface area (Å²) in [5.74, 6) is -0.424. The van der Waals surface area contributed by atoms with Gasteiger partial charge in [0, 0.05) is 41.9 Å². The van der Waals surface area contributed by atoms with Gasteiger partial charge < -0.3 is 19.7 Å². The molecule has 0 amide bonds. The van der Waals surface area contributed by atoms with Crippen molar-refractivity contribution in [1.82, 2.24) is 4.90 Å². The standard InChI is InChI=1S/C30H31F2NO4/c1-4-19-14-33(15-19)17(2)16-36-22-8-5-20(6-9-22)30-29(24-12-27(35)26(32)13-25(24)31)18(3)23-11-21(34)7-10-28(23)37-30/h5-13,17,19,30,34-35H,4,14-16H2,1-3H3/t17-,30?/m0/s1. The Balaban J connectivity index is 1.43. The lowest BCUT2D eigenvalue weighted by Gasteiger charge is -2.42. The fourth-order valence-electron chi connectivity index (χ4n) is 5.05. The summed E-state index contributed by atoms with van der Waals surface area (Å²) in [7, 11) is 0. The van der Waals surface area contributed by atoms with Gasteiger partial charge in [-0.2, -0.15) is 0 Å². The first-order valence-corrected chi connectivity index (χ1v) is 12.6. The molecule has 0 aromatic heterocycles. The molecular weight excluding hydrogens is 476 g/mol. The molecule has 3 aromatic carbocycles. The molecule has 1 saturated heterocycles. The molecule has 2 aliphatic rings. The topological polar surface area (TPSA) is 62.2 Å². The average molecular weight is 508 g/mol. The lowest BCUT2D eigenvalue weighted by atomic mass is 9.85. The van der Waals surface area contributed by atoms with E-state index in [-0.39, 0.29) is 11.3 Å². The number of nitrogens with zero attached hydrogens (tertiary/aromatic N) is 1. The van der Waals surface area contributed by atoms with Crippen LogP contribution in [0.2, 0.25) is 0 Å². The molecule has 7 heteroatoms. The fourth-order valence-corrected chi connectivity index (χ4v) is 5.05. The van der Waals surface area contributed by atoms with Crippen molar-refractivity contribution in [2.75, 3.05) is 19.7 Å². The van der Waals surface area contributed by atoms with Gasteiger partial charge in [0.1, 0.15) is 35.8 Å². The molecule has 37 heavy (non-hydrogen) atoms. The summed E-state index contributed by atoms with van der Waals surface area (Å²) in [5.41, 5.74) is 2.46. The van der Waals surface area contributed by atoms with Crippen LogP contribution < -0.4 is 9.47 Å². The van der Waals surface area contributed by atoms with E-state index in [1.807, 2.05) is 24.3 Å². The molecule has 3 aromatic rings. The molecule has 194 valence electrons. The van der Waals surface area contributed by atoms with Crippen LogP contribution in [-0.4, -0.2) is 40.9 Å². The maximum atomic E-state index is 15.0. The number of benzene rings is 3. The molecule has 1 unspecified atom stereocenters. The Morgan fingerprint density at radius 2 is 1.73 bits per heavy atom. The van der Waals surface area contributed by atoms with Gasteiger partial charge in [-0.3, -0.25) is 4.90 Å². The number of hydrogen-bond donors (Lipinski definition) is 2. The summed E-state index contributed by atoms with van der Waals surface area (Å²) >= 11 is 0. The van der Waals surface area contributed by atoms with Crippen LogP contribution >= 0.6 is 0 Å². The second-order valence-corrected chi connectivity index (χ2v) is 9.96. The van der Waals surface area contributed by atoms with Crippen LogP contribution in [0.3, 0.4) is 0 Å². The smallest absolute Gasteiger partial charge is 0.167 e. The Labute approximate surface area is 215 Å². The first-order chi connectivity index (χ1) is 17.7.